The Balaban J connectivity index is 1.71. The van der Waals surface area contributed by atoms with Gasteiger partial charge in [0.05, 0.1) is 10.5 Å². The lowest BCUT2D eigenvalue weighted by Gasteiger charge is -2.39. The molecule has 0 aromatic rings. The van der Waals surface area contributed by atoms with Crippen molar-refractivity contribution in [3.8, 4) is 0 Å². The Hall–Kier alpha value is -0.820. The van der Waals surface area contributed by atoms with Gasteiger partial charge in [-0.2, -0.15) is 0 Å². The fourth-order valence-corrected chi connectivity index (χ4v) is 5.66. The maximum Gasteiger partial charge on any atom is 0.193 e. The van der Waals surface area contributed by atoms with Crippen LogP contribution in [0.25, 0.3) is 0 Å². The molecule has 0 amide bonds. The van der Waals surface area contributed by atoms with Gasteiger partial charge in [-0.15, -0.1) is 0 Å². The Morgan fingerprint density at radius 3 is 2.42 bits per heavy atom. The van der Waals surface area contributed by atoms with Gasteiger partial charge in [0.2, 0.25) is 0 Å². The molecule has 26 heavy (non-hydrogen) atoms. The van der Waals surface area contributed by atoms with Crippen molar-refractivity contribution in [1.82, 2.24) is 15.1 Å². The second-order valence-electron chi connectivity index (χ2n) is 8.89. The summed E-state index contributed by atoms with van der Waals surface area (Å²) in [4.78, 5) is 9.04. The monoisotopic (exact) mass is 386 g/mol. The Kier molecular flexibility index (Phi) is 7.36. The summed E-state index contributed by atoms with van der Waals surface area (Å²) < 4.78 is 23.6. The third kappa shape index (κ3) is 5.59. The second kappa shape index (κ2) is 8.91. The Labute approximate surface area is 160 Å². The zero-order valence-electron chi connectivity index (χ0n) is 17.3. The van der Waals surface area contributed by atoms with Crippen molar-refractivity contribution in [2.75, 3.05) is 52.1 Å². The lowest BCUT2D eigenvalue weighted by Crippen LogP contribution is -2.57. The van der Waals surface area contributed by atoms with Gasteiger partial charge in [0.25, 0.3) is 0 Å². The van der Waals surface area contributed by atoms with Crippen LogP contribution in [0.3, 0.4) is 0 Å². The summed E-state index contributed by atoms with van der Waals surface area (Å²) >= 11 is 0. The third-order valence-corrected chi connectivity index (χ3v) is 8.22. The zero-order valence-corrected chi connectivity index (χ0v) is 18.1. The molecule has 2 rings (SSSR count). The van der Waals surface area contributed by atoms with E-state index in [0.29, 0.717) is 13.1 Å². The number of unbranched alkanes of at least 4 members (excludes halogenated alkanes) is 1. The van der Waals surface area contributed by atoms with Crippen molar-refractivity contribution in [1.29, 1.82) is 0 Å². The van der Waals surface area contributed by atoms with Crippen molar-refractivity contribution in [3.05, 3.63) is 0 Å². The summed E-state index contributed by atoms with van der Waals surface area (Å²) in [6.07, 6.45) is 3.65. The zero-order chi connectivity index (χ0) is 19.4. The molecule has 7 heteroatoms. The Morgan fingerprint density at radius 1 is 1.19 bits per heavy atom. The molecule has 2 saturated heterocycles. The lowest BCUT2D eigenvalue weighted by atomic mass is 9.92. The predicted molar refractivity (Wildman–Crippen MR) is 109 cm³/mol. The predicted octanol–water partition coefficient (Wildman–Crippen LogP) is 1.83. The molecule has 0 aromatic carbocycles. The van der Waals surface area contributed by atoms with Crippen LogP contribution in [-0.4, -0.2) is 81.0 Å². The summed E-state index contributed by atoms with van der Waals surface area (Å²) in [5, 5.41) is 3.42. The van der Waals surface area contributed by atoms with E-state index in [1.165, 1.54) is 32.5 Å². The van der Waals surface area contributed by atoms with Gasteiger partial charge >= 0.3 is 0 Å². The fraction of sp³-hybridized carbons (Fsp3) is 0.947. The lowest BCUT2D eigenvalue weighted by molar-refractivity contribution is 0.139. The molecule has 6 nitrogen and oxygen atoms in total. The first-order valence-electron chi connectivity index (χ1n) is 10.0. The normalized spacial score (nSPS) is 29.6. The topological polar surface area (TPSA) is 65.0 Å². The number of likely N-dealkylation sites (tertiary alicyclic amines) is 1. The molecular formula is C19H38N4O2S. The minimum absolute atomic E-state index is 0.200. The van der Waals surface area contributed by atoms with Gasteiger partial charge in [-0.3, -0.25) is 4.99 Å². The first-order valence-corrected chi connectivity index (χ1v) is 11.7. The minimum Gasteiger partial charge on any atom is -0.356 e. The quantitative estimate of drug-likeness (QED) is 0.444. The van der Waals surface area contributed by atoms with Crippen molar-refractivity contribution in [2.24, 2.45) is 16.8 Å². The molecule has 0 radical (unpaired) electrons. The van der Waals surface area contributed by atoms with Crippen LogP contribution < -0.4 is 5.32 Å². The van der Waals surface area contributed by atoms with Crippen molar-refractivity contribution >= 4 is 15.8 Å². The summed E-state index contributed by atoms with van der Waals surface area (Å²) in [6.45, 7) is 13.9. The molecule has 2 heterocycles. The van der Waals surface area contributed by atoms with Crippen LogP contribution in [0.15, 0.2) is 4.99 Å². The van der Waals surface area contributed by atoms with E-state index in [1.807, 2.05) is 13.8 Å². The van der Waals surface area contributed by atoms with Crippen LogP contribution in [0.4, 0.5) is 0 Å². The number of rotatable bonds is 5. The van der Waals surface area contributed by atoms with Crippen LogP contribution in [0.5, 0.6) is 0 Å². The van der Waals surface area contributed by atoms with Crippen LogP contribution in [0, 0.1) is 11.8 Å². The van der Waals surface area contributed by atoms with Gasteiger partial charge in [-0.25, -0.2) is 8.42 Å². The highest BCUT2D eigenvalue weighted by Crippen LogP contribution is 2.24. The number of nitrogens with zero attached hydrogens (tertiary/aromatic N) is 3. The van der Waals surface area contributed by atoms with Crippen LogP contribution in [0.1, 0.15) is 47.0 Å². The van der Waals surface area contributed by atoms with E-state index in [4.69, 9.17) is 0 Å². The first-order chi connectivity index (χ1) is 12.1. The molecule has 0 spiro atoms. The number of hydrogen-bond donors (Lipinski definition) is 1. The molecule has 1 N–H and O–H groups in total. The standard InChI is InChI=1S/C19H38N4O2S/c1-16-12-17(2)14-22(13-16)9-7-6-8-21-18(20-5)23-10-11-26(24,25)19(3,4)15-23/h16-17H,6-15H2,1-5H3,(H,20,21). The number of hydrogen-bond acceptors (Lipinski definition) is 4. The van der Waals surface area contributed by atoms with E-state index in [9.17, 15) is 8.42 Å². The van der Waals surface area contributed by atoms with E-state index in [-0.39, 0.29) is 5.75 Å². The van der Waals surface area contributed by atoms with E-state index >= 15 is 0 Å². The van der Waals surface area contributed by atoms with Gasteiger partial charge in [-0.1, -0.05) is 13.8 Å². The summed E-state index contributed by atoms with van der Waals surface area (Å²) in [5.74, 6) is 2.66. The molecule has 0 aliphatic carbocycles. The van der Waals surface area contributed by atoms with Crippen LogP contribution in [0.2, 0.25) is 0 Å². The van der Waals surface area contributed by atoms with Gasteiger partial charge in [-0.05, 0) is 51.5 Å². The average Bonchev–Trinajstić information content (AvgIpc) is 2.53. The third-order valence-electron chi connectivity index (χ3n) is 5.68. The number of sulfone groups is 1. The van der Waals surface area contributed by atoms with E-state index < -0.39 is 14.6 Å². The summed E-state index contributed by atoms with van der Waals surface area (Å²) in [6, 6.07) is 0. The highest BCUT2D eigenvalue weighted by molar-refractivity contribution is 7.92. The van der Waals surface area contributed by atoms with Crippen molar-refractivity contribution in [2.45, 2.75) is 51.7 Å². The van der Waals surface area contributed by atoms with Crippen LogP contribution >= 0.6 is 0 Å². The minimum atomic E-state index is -3.02. The SMILES string of the molecule is CN=C(NCCCCN1CC(C)CC(C)C1)N1CCS(=O)(=O)C(C)(C)C1. The maximum absolute atomic E-state index is 12.2. The molecule has 2 fully saturated rings. The fourth-order valence-electron chi connectivity index (χ4n) is 4.29. The van der Waals surface area contributed by atoms with Gasteiger partial charge in [0, 0.05) is 39.8 Å². The molecule has 2 aliphatic rings. The molecule has 2 atom stereocenters. The highest BCUT2D eigenvalue weighted by atomic mass is 32.2. The number of piperidine rings is 1. The van der Waals surface area contributed by atoms with Gasteiger partial charge in [0.15, 0.2) is 15.8 Å². The maximum atomic E-state index is 12.2. The molecule has 152 valence electrons. The molecule has 2 unspecified atom stereocenters. The smallest absolute Gasteiger partial charge is 0.193 e. The number of guanidine groups is 1. The molecule has 2 aliphatic heterocycles. The van der Waals surface area contributed by atoms with Gasteiger partial charge < -0.3 is 15.1 Å². The molecule has 0 saturated carbocycles. The Bertz CT molecular complexity index is 578. The second-order valence-corrected chi connectivity index (χ2v) is 11.6. The van der Waals surface area contributed by atoms with E-state index in [0.717, 1.165) is 30.8 Å². The average molecular weight is 387 g/mol. The number of nitrogens with one attached hydrogen (secondary N) is 1. The largest absolute Gasteiger partial charge is 0.356 e. The van der Waals surface area contributed by atoms with Crippen molar-refractivity contribution in [3.63, 3.8) is 0 Å². The van der Waals surface area contributed by atoms with E-state index in [1.54, 1.807) is 7.05 Å². The first kappa shape index (κ1) is 21.5. The molecule has 0 aromatic heterocycles. The highest BCUT2D eigenvalue weighted by Gasteiger charge is 2.40. The van der Waals surface area contributed by atoms with Crippen molar-refractivity contribution < 1.29 is 8.42 Å². The summed E-state index contributed by atoms with van der Waals surface area (Å²) in [7, 11) is -1.24. The molecular weight excluding hydrogens is 348 g/mol. The summed E-state index contributed by atoms with van der Waals surface area (Å²) in [5.41, 5.74) is 0. The Morgan fingerprint density at radius 2 is 1.85 bits per heavy atom. The van der Waals surface area contributed by atoms with Crippen LogP contribution in [-0.2, 0) is 9.84 Å². The van der Waals surface area contributed by atoms with E-state index in [2.05, 4.69) is 34.0 Å². The van der Waals surface area contributed by atoms with Gasteiger partial charge in [0.1, 0.15) is 0 Å². The number of aliphatic imine (C=N–C) groups is 1. The molecule has 0 bridgehead atoms.